The Balaban J connectivity index is 1.95. The molecule has 1 aromatic carbocycles. The summed E-state index contributed by atoms with van der Waals surface area (Å²) in [5.74, 6) is 0.266. The number of anilines is 1. The Labute approximate surface area is 100 Å². The molecule has 17 heavy (non-hydrogen) atoms. The van der Waals surface area contributed by atoms with Crippen LogP contribution in [0.5, 0.6) is 5.75 Å². The van der Waals surface area contributed by atoms with E-state index in [1.165, 1.54) is 7.11 Å². The van der Waals surface area contributed by atoms with Crippen molar-refractivity contribution in [3.63, 3.8) is 0 Å². The van der Waals surface area contributed by atoms with E-state index in [2.05, 4.69) is 9.64 Å². The summed E-state index contributed by atoms with van der Waals surface area (Å²) >= 11 is 0. The van der Waals surface area contributed by atoms with Crippen molar-refractivity contribution in [2.75, 3.05) is 38.2 Å². The van der Waals surface area contributed by atoms with Crippen molar-refractivity contribution in [3.05, 3.63) is 24.3 Å². The third-order valence-corrected chi connectivity index (χ3v) is 2.93. The van der Waals surface area contributed by atoms with E-state index >= 15 is 0 Å². The fourth-order valence-corrected chi connectivity index (χ4v) is 1.94. The minimum atomic E-state index is -0.268. The molecule has 0 aromatic heterocycles. The summed E-state index contributed by atoms with van der Waals surface area (Å²) in [4.78, 5) is 15.2. The van der Waals surface area contributed by atoms with Gasteiger partial charge < -0.3 is 19.6 Å². The zero-order valence-corrected chi connectivity index (χ0v) is 9.80. The lowest BCUT2D eigenvalue weighted by atomic mass is 10.2. The summed E-state index contributed by atoms with van der Waals surface area (Å²) in [6.45, 7) is 2.88. The maximum absolute atomic E-state index is 11.3. The first-order chi connectivity index (χ1) is 8.20. The SMILES string of the molecule is COC(=O)N1CCN(c2ccc(O)cc2)CC1. The fourth-order valence-electron chi connectivity index (χ4n) is 1.94. The largest absolute Gasteiger partial charge is 0.508 e. The molecule has 1 N–H and O–H groups in total. The molecule has 0 unspecified atom stereocenters. The lowest BCUT2D eigenvalue weighted by molar-refractivity contribution is 0.121. The van der Waals surface area contributed by atoms with Gasteiger partial charge in [0.2, 0.25) is 0 Å². The predicted molar refractivity (Wildman–Crippen MR) is 64.3 cm³/mol. The van der Waals surface area contributed by atoms with Gasteiger partial charge in [0.1, 0.15) is 5.75 Å². The zero-order chi connectivity index (χ0) is 12.3. The van der Waals surface area contributed by atoms with Crippen molar-refractivity contribution in [3.8, 4) is 5.75 Å². The van der Waals surface area contributed by atoms with Crippen LogP contribution in [0.3, 0.4) is 0 Å². The average molecular weight is 236 g/mol. The highest BCUT2D eigenvalue weighted by Crippen LogP contribution is 2.19. The van der Waals surface area contributed by atoms with Gasteiger partial charge in [-0.15, -0.1) is 0 Å². The van der Waals surface area contributed by atoms with E-state index in [1.54, 1.807) is 17.0 Å². The van der Waals surface area contributed by atoms with Crippen molar-refractivity contribution >= 4 is 11.8 Å². The second kappa shape index (κ2) is 4.95. The van der Waals surface area contributed by atoms with Crippen LogP contribution in [0.1, 0.15) is 0 Å². The van der Waals surface area contributed by atoms with E-state index in [0.29, 0.717) is 13.1 Å². The van der Waals surface area contributed by atoms with Crippen molar-refractivity contribution < 1.29 is 14.6 Å². The lowest BCUT2D eigenvalue weighted by Crippen LogP contribution is -2.48. The van der Waals surface area contributed by atoms with Crippen LogP contribution >= 0.6 is 0 Å². The summed E-state index contributed by atoms with van der Waals surface area (Å²) in [5, 5.41) is 9.21. The molecular weight excluding hydrogens is 220 g/mol. The summed E-state index contributed by atoms with van der Waals surface area (Å²) in [7, 11) is 1.40. The van der Waals surface area contributed by atoms with Crippen LogP contribution < -0.4 is 4.90 Å². The second-order valence-corrected chi connectivity index (χ2v) is 3.96. The van der Waals surface area contributed by atoms with E-state index in [4.69, 9.17) is 0 Å². The Morgan fingerprint density at radius 1 is 1.18 bits per heavy atom. The smallest absolute Gasteiger partial charge is 0.409 e. The first kappa shape index (κ1) is 11.6. The van der Waals surface area contributed by atoms with Gasteiger partial charge in [-0.2, -0.15) is 0 Å². The number of amides is 1. The minimum Gasteiger partial charge on any atom is -0.508 e. The molecule has 1 aliphatic rings. The molecule has 0 aliphatic carbocycles. The van der Waals surface area contributed by atoms with E-state index in [-0.39, 0.29) is 11.8 Å². The molecule has 0 spiro atoms. The normalized spacial score (nSPS) is 15.8. The van der Waals surface area contributed by atoms with Crippen LogP contribution in [0.25, 0.3) is 0 Å². The highest BCUT2D eigenvalue weighted by atomic mass is 16.5. The maximum atomic E-state index is 11.3. The lowest BCUT2D eigenvalue weighted by Gasteiger charge is -2.35. The monoisotopic (exact) mass is 236 g/mol. The number of rotatable bonds is 1. The number of phenolic OH excluding ortho intramolecular Hbond substituents is 1. The van der Waals surface area contributed by atoms with Crippen LogP contribution in [-0.4, -0.2) is 49.4 Å². The predicted octanol–water partition coefficient (Wildman–Crippen LogP) is 1.28. The Bertz CT molecular complexity index is 383. The van der Waals surface area contributed by atoms with Gasteiger partial charge in [0.05, 0.1) is 7.11 Å². The van der Waals surface area contributed by atoms with E-state index in [9.17, 15) is 9.90 Å². The van der Waals surface area contributed by atoms with Gasteiger partial charge >= 0.3 is 6.09 Å². The van der Waals surface area contributed by atoms with Crippen molar-refractivity contribution in [2.24, 2.45) is 0 Å². The number of carbonyl (C=O) groups excluding carboxylic acids is 1. The van der Waals surface area contributed by atoms with Crippen molar-refractivity contribution in [1.82, 2.24) is 4.90 Å². The quantitative estimate of drug-likeness (QED) is 0.798. The van der Waals surface area contributed by atoms with Gasteiger partial charge in [-0.25, -0.2) is 4.79 Å². The summed E-state index contributed by atoms with van der Waals surface area (Å²) in [5.41, 5.74) is 1.06. The molecule has 92 valence electrons. The molecule has 2 rings (SSSR count). The molecule has 5 heteroatoms. The Morgan fingerprint density at radius 3 is 2.29 bits per heavy atom. The molecule has 1 heterocycles. The number of benzene rings is 1. The molecule has 1 saturated heterocycles. The van der Waals surface area contributed by atoms with Crippen molar-refractivity contribution in [2.45, 2.75) is 0 Å². The molecule has 1 fully saturated rings. The number of methoxy groups -OCH3 is 1. The van der Waals surface area contributed by atoms with Gasteiger partial charge in [0.15, 0.2) is 0 Å². The third-order valence-electron chi connectivity index (χ3n) is 2.93. The van der Waals surface area contributed by atoms with Gasteiger partial charge in [-0.1, -0.05) is 0 Å². The Hall–Kier alpha value is -1.91. The van der Waals surface area contributed by atoms with E-state index in [1.807, 2.05) is 12.1 Å². The molecule has 0 saturated carbocycles. The van der Waals surface area contributed by atoms with Gasteiger partial charge in [0, 0.05) is 31.9 Å². The number of piperazine rings is 1. The van der Waals surface area contributed by atoms with Gasteiger partial charge in [-0.05, 0) is 24.3 Å². The molecular formula is C12H16N2O3. The van der Waals surface area contributed by atoms with Gasteiger partial charge in [-0.3, -0.25) is 0 Å². The van der Waals surface area contributed by atoms with E-state index < -0.39 is 0 Å². The van der Waals surface area contributed by atoms with Gasteiger partial charge in [0.25, 0.3) is 0 Å². The molecule has 0 radical (unpaired) electrons. The molecule has 0 bridgehead atoms. The third kappa shape index (κ3) is 2.61. The molecule has 1 amide bonds. The highest BCUT2D eigenvalue weighted by Gasteiger charge is 2.21. The summed E-state index contributed by atoms with van der Waals surface area (Å²) in [6.07, 6.45) is -0.268. The average Bonchev–Trinajstić information content (AvgIpc) is 2.39. The van der Waals surface area contributed by atoms with Crippen LogP contribution in [0, 0.1) is 0 Å². The molecule has 5 nitrogen and oxygen atoms in total. The topological polar surface area (TPSA) is 53.0 Å². The summed E-state index contributed by atoms with van der Waals surface area (Å²) < 4.78 is 4.68. The highest BCUT2D eigenvalue weighted by molar-refractivity contribution is 5.68. The van der Waals surface area contributed by atoms with Crippen LogP contribution in [-0.2, 0) is 4.74 Å². The molecule has 1 aliphatic heterocycles. The first-order valence-electron chi connectivity index (χ1n) is 5.57. The zero-order valence-electron chi connectivity index (χ0n) is 9.80. The van der Waals surface area contributed by atoms with E-state index in [0.717, 1.165) is 18.8 Å². The van der Waals surface area contributed by atoms with Crippen molar-refractivity contribution in [1.29, 1.82) is 0 Å². The number of hydrogen-bond acceptors (Lipinski definition) is 4. The summed E-state index contributed by atoms with van der Waals surface area (Å²) in [6, 6.07) is 7.09. The maximum Gasteiger partial charge on any atom is 0.409 e. The van der Waals surface area contributed by atoms with Crippen LogP contribution in [0.2, 0.25) is 0 Å². The Kier molecular flexibility index (Phi) is 3.37. The number of ether oxygens (including phenoxy) is 1. The number of hydrogen-bond donors (Lipinski definition) is 1. The second-order valence-electron chi connectivity index (χ2n) is 3.96. The Morgan fingerprint density at radius 2 is 1.76 bits per heavy atom. The standard InChI is InChI=1S/C12H16N2O3/c1-17-12(16)14-8-6-13(7-9-14)10-2-4-11(15)5-3-10/h2-5,15H,6-9H2,1H3. The van der Waals surface area contributed by atoms with Crippen LogP contribution in [0.4, 0.5) is 10.5 Å². The number of phenols is 1. The fraction of sp³-hybridized carbons (Fsp3) is 0.417. The number of nitrogens with zero attached hydrogens (tertiary/aromatic N) is 2. The minimum absolute atomic E-state index is 0.266. The first-order valence-corrected chi connectivity index (χ1v) is 5.57. The number of aromatic hydroxyl groups is 1. The van der Waals surface area contributed by atoms with Crippen LogP contribution in [0.15, 0.2) is 24.3 Å². The number of carbonyl (C=O) groups is 1. The molecule has 0 atom stereocenters. The molecule has 1 aromatic rings.